The van der Waals surface area contributed by atoms with Gasteiger partial charge in [-0.3, -0.25) is 0 Å². The van der Waals surface area contributed by atoms with Gasteiger partial charge in [-0.1, -0.05) is 23.7 Å². The van der Waals surface area contributed by atoms with Crippen molar-refractivity contribution in [3.63, 3.8) is 0 Å². The third-order valence-electron chi connectivity index (χ3n) is 2.76. The fourth-order valence-electron chi connectivity index (χ4n) is 1.75. The Bertz CT molecular complexity index is 629. The number of aromatic nitrogens is 1. The predicted octanol–water partition coefficient (Wildman–Crippen LogP) is 3.51. The van der Waals surface area contributed by atoms with E-state index in [1.54, 1.807) is 4.90 Å². The lowest BCUT2D eigenvalue weighted by Crippen LogP contribution is -2.12. The van der Waals surface area contributed by atoms with E-state index in [4.69, 9.17) is 16.7 Å². The third-order valence-corrected chi connectivity index (χ3v) is 2.95. The van der Waals surface area contributed by atoms with Crippen LogP contribution in [0.3, 0.4) is 0 Å². The standard InChI is InChI=1S/C14H13ClN2O2/c1-9-4-3-5-11(6-9)17(2)13-8-10(14(18)19)7-12(15)16-13/h3-8H,1-2H3,(H,18,19). The average molecular weight is 277 g/mol. The quantitative estimate of drug-likeness (QED) is 0.872. The molecule has 1 N–H and O–H groups in total. The Hall–Kier alpha value is -2.07. The van der Waals surface area contributed by atoms with Crippen LogP contribution in [0.4, 0.5) is 11.5 Å². The number of rotatable bonds is 3. The summed E-state index contributed by atoms with van der Waals surface area (Å²) in [5, 5.41) is 9.19. The van der Waals surface area contributed by atoms with Crippen LogP contribution in [0.1, 0.15) is 15.9 Å². The van der Waals surface area contributed by atoms with Crippen molar-refractivity contribution in [1.82, 2.24) is 4.98 Å². The molecule has 0 amide bonds. The number of carbonyl (C=O) groups is 1. The van der Waals surface area contributed by atoms with Gasteiger partial charge in [-0.2, -0.15) is 0 Å². The zero-order valence-corrected chi connectivity index (χ0v) is 11.3. The molecular weight excluding hydrogens is 264 g/mol. The fourth-order valence-corrected chi connectivity index (χ4v) is 1.95. The molecule has 19 heavy (non-hydrogen) atoms. The first-order chi connectivity index (χ1) is 8.97. The Morgan fingerprint density at radius 3 is 2.68 bits per heavy atom. The van der Waals surface area contributed by atoms with Crippen LogP contribution < -0.4 is 4.90 Å². The fraction of sp³-hybridized carbons (Fsp3) is 0.143. The van der Waals surface area contributed by atoms with Gasteiger partial charge in [0, 0.05) is 12.7 Å². The predicted molar refractivity (Wildman–Crippen MR) is 75.4 cm³/mol. The number of carboxylic acid groups (broad SMARTS) is 1. The highest BCUT2D eigenvalue weighted by atomic mass is 35.5. The minimum absolute atomic E-state index is 0.120. The van der Waals surface area contributed by atoms with Gasteiger partial charge in [-0.05, 0) is 36.8 Å². The van der Waals surface area contributed by atoms with Gasteiger partial charge in [0.05, 0.1) is 5.56 Å². The normalized spacial score (nSPS) is 10.3. The van der Waals surface area contributed by atoms with E-state index in [0.29, 0.717) is 5.82 Å². The van der Waals surface area contributed by atoms with E-state index in [1.807, 2.05) is 38.2 Å². The number of nitrogens with zero attached hydrogens (tertiary/aromatic N) is 2. The van der Waals surface area contributed by atoms with Crippen LogP contribution in [0.2, 0.25) is 5.15 Å². The number of pyridine rings is 1. The van der Waals surface area contributed by atoms with Gasteiger partial charge < -0.3 is 10.0 Å². The Kier molecular flexibility index (Phi) is 3.71. The van der Waals surface area contributed by atoms with E-state index in [-0.39, 0.29) is 10.7 Å². The first-order valence-electron chi connectivity index (χ1n) is 5.68. The van der Waals surface area contributed by atoms with Gasteiger partial charge in [0.1, 0.15) is 11.0 Å². The van der Waals surface area contributed by atoms with Crippen molar-refractivity contribution in [2.24, 2.45) is 0 Å². The van der Waals surface area contributed by atoms with Crippen LogP contribution >= 0.6 is 11.6 Å². The first kappa shape index (κ1) is 13.4. The summed E-state index contributed by atoms with van der Waals surface area (Å²) < 4.78 is 0. The van der Waals surface area contributed by atoms with E-state index in [9.17, 15) is 4.79 Å². The molecule has 0 unspecified atom stereocenters. The van der Waals surface area contributed by atoms with E-state index in [0.717, 1.165) is 11.3 Å². The SMILES string of the molecule is Cc1cccc(N(C)c2cc(C(=O)O)cc(Cl)n2)c1. The molecule has 4 nitrogen and oxygen atoms in total. The molecule has 98 valence electrons. The minimum atomic E-state index is -1.02. The summed E-state index contributed by atoms with van der Waals surface area (Å²) >= 11 is 5.86. The van der Waals surface area contributed by atoms with E-state index in [1.165, 1.54) is 12.1 Å². The van der Waals surface area contributed by atoms with E-state index >= 15 is 0 Å². The van der Waals surface area contributed by atoms with Crippen molar-refractivity contribution in [2.45, 2.75) is 6.92 Å². The summed E-state index contributed by atoms with van der Waals surface area (Å²) in [6, 6.07) is 10.7. The van der Waals surface area contributed by atoms with Crippen molar-refractivity contribution in [2.75, 3.05) is 11.9 Å². The lowest BCUT2D eigenvalue weighted by atomic mass is 10.2. The van der Waals surface area contributed by atoms with Crippen LogP contribution in [0.15, 0.2) is 36.4 Å². The molecule has 0 aliphatic carbocycles. The zero-order chi connectivity index (χ0) is 14.0. The Morgan fingerprint density at radius 2 is 2.05 bits per heavy atom. The lowest BCUT2D eigenvalue weighted by Gasteiger charge is -2.19. The van der Waals surface area contributed by atoms with Crippen molar-refractivity contribution >= 4 is 29.1 Å². The van der Waals surface area contributed by atoms with Crippen LogP contribution in [0.25, 0.3) is 0 Å². The van der Waals surface area contributed by atoms with Gasteiger partial charge in [0.15, 0.2) is 0 Å². The molecule has 1 heterocycles. The van der Waals surface area contributed by atoms with Crippen molar-refractivity contribution in [3.8, 4) is 0 Å². The highest BCUT2D eigenvalue weighted by Gasteiger charge is 2.11. The van der Waals surface area contributed by atoms with Crippen LogP contribution in [-0.4, -0.2) is 23.1 Å². The summed E-state index contributed by atoms with van der Waals surface area (Å²) in [4.78, 5) is 17.0. The summed E-state index contributed by atoms with van der Waals surface area (Å²) in [5.74, 6) is -0.529. The number of carboxylic acids is 1. The molecule has 1 aromatic heterocycles. The smallest absolute Gasteiger partial charge is 0.335 e. The van der Waals surface area contributed by atoms with Crippen molar-refractivity contribution < 1.29 is 9.90 Å². The summed E-state index contributed by atoms with van der Waals surface area (Å²) in [6.45, 7) is 1.99. The molecular formula is C14H13ClN2O2. The molecule has 0 saturated heterocycles. The number of hydrogen-bond acceptors (Lipinski definition) is 3. The van der Waals surface area contributed by atoms with Gasteiger partial charge in [0.25, 0.3) is 0 Å². The number of hydrogen-bond donors (Lipinski definition) is 1. The molecule has 0 atom stereocenters. The van der Waals surface area contributed by atoms with Gasteiger partial charge in [-0.25, -0.2) is 9.78 Å². The number of aryl methyl sites for hydroxylation is 1. The maximum Gasteiger partial charge on any atom is 0.335 e. The van der Waals surface area contributed by atoms with Gasteiger partial charge in [0.2, 0.25) is 0 Å². The Morgan fingerprint density at radius 1 is 1.32 bits per heavy atom. The molecule has 5 heteroatoms. The Labute approximate surface area is 116 Å². The maximum absolute atomic E-state index is 11.0. The topological polar surface area (TPSA) is 53.4 Å². The van der Waals surface area contributed by atoms with Gasteiger partial charge >= 0.3 is 5.97 Å². The van der Waals surface area contributed by atoms with Crippen LogP contribution in [0, 0.1) is 6.92 Å². The van der Waals surface area contributed by atoms with Gasteiger partial charge in [-0.15, -0.1) is 0 Å². The highest BCUT2D eigenvalue weighted by molar-refractivity contribution is 6.29. The number of halogens is 1. The number of benzene rings is 1. The van der Waals surface area contributed by atoms with Crippen molar-refractivity contribution in [3.05, 3.63) is 52.7 Å². The maximum atomic E-state index is 11.0. The second kappa shape index (κ2) is 5.28. The molecule has 0 fully saturated rings. The first-order valence-corrected chi connectivity index (χ1v) is 6.06. The zero-order valence-electron chi connectivity index (χ0n) is 10.6. The van der Waals surface area contributed by atoms with E-state index in [2.05, 4.69) is 4.98 Å². The molecule has 2 rings (SSSR count). The number of aromatic carboxylic acids is 1. The molecule has 0 radical (unpaired) electrons. The molecule has 0 bridgehead atoms. The Balaban J connectivity index is 2.43. The van der Waals surface area contributed by atoms with Crippen LogP contribution in [-0.2, 0) is 0 Å². The minimum Gasteiger partial charge on any atom is -0.478 e. The van der Waals surface area contributed by atoms with Crippen LogP contribution in [0.5, 0.6) is 0 Å². The second-order valence-corrected chi connectivity index (χ2v) is 4.63. The molecule has 0 aliphatic heterocycles. The molecule has 2 aromatic rings. The van der Waals surface area contributed by atoms with Crippen molar-refractivity contribution in [1.29, 1.82) is 0 Å². The molecule has 0 saturated carbocycles. The molecule has 0 aliphatic rings. The number of anilines is 2. The second-order valence-electron chi connectivity index (χ2n) is 4.24. The third kappa shape index (κ3) is 3.03. The average Bonchev–Trinajstić information content (AvgIpc) is 2.37. The van der Waals surface area contributed by atoms with E-state index < -0.39 is 5.97 Å². The molecule has 0 spiro atoms. The highest BCUT2D eigenvalue weighted by Crippen LogP contribution is 2.25. The summed E-state index contributed by atoms with van der Waals surface area (Å²) in [7, 11) is 1.82. The largest absolute Gasteiger partial charge is 0.478 e. The monoisotopic (exact) mass is 276 g/mol. The molecule has 1 aromatic carbocycles. The lowest BCUT2D eigenvalue weighted by molar-refractivity contribution is 0.0697. The summed E-state index contributed by atoms with van der Waals surface area (Å²) in [5.41, 5.74) is 2.16. The summed E-state index contributed by atoms with van der Waals surface area (Å²) in [6.07, 6.45) is 0.